The van der Waals surface area contributed by atoms with E-state index >= 15 is 0 Å². The average molecular weight is 293 g/mol. The van der Waals surface area contributed by atoms with Crippen molar-refractivity contribution in [3.8, 4) is 5.75 Å². The van der Waals surface area contributed by atoms with Gasteiger partial charge in [0.15, 0.2) is 0 Å². The molecule has 0 fully saturated rings. The summed E-state index contributed by atoms with van der Waals surface area (Å²) >= 11 is -3.04. The van der Waals surface area contributed by atoms with Crippen molar-refractivity contribution >= 4 is 28.4 Å². The molecule has 12 nitrogen and oxygen atoms in total. The molecule has 1 aromatic rings. The lowest BCUT2D eigenvalue weighted by Gasteiger charge is -2.02. The van der Waals surface area contributed by atoms with Crippen LogP contribution in [0.3, 0.4) is 0 Å². The van der Waals surface area contributed by atoms with Crippen LogP contribution >= 0.6 is 0 Å². The van der Waals surface area contributed by atoms with Crippen LogP contribution in [0.25, 0.3) is 0 Å². The largest absolute Gasteiger partial charge is 0.389 e. The molecule has 1 atom stereocenters. The van der Waals surface area contributed by atoms with Crippen molar-refractivity contribution in [2.75, 3.05) is 0 Å². The summed E-state index contributed by atoms with van der Waals surface area (Å²) in [5, 5.41) is 31.8. The van der Waals surface area contributed by atoms with Gasteiger partial charge < -0.3 is 4.18 Å². The summed E-state index contributed by atoms with van der Waals surface area (Å²) in [6, 6.07) is 0.796. The van der Waals surface area contributed by atoms with Crippen molar-refractivity contribution in [1.82, 2.24) is 0 Å². The van der Waals surface area contributed by atoms with Crippen molar-refractivity contribution in [2.24, 2.45) is 0 Å². The van der Waals surface area contributed by atoms with Gasteiger partial charge in [-0.05, 0) is 0 Å². The van der Waals surface area contributed by atoms with Gasteiger partial charge in [-0.25, -0.2) is 0 Å². The first-order valence-corrected chi connectivity index (χ1v) is 5.17. The Morgan fingerprint density at radius 2 is 1.63 bits per heavy atom. The molecular weight excluding hydrogens is 290 g/mol. The summed E-state index contributed by atoms with van der Waals surface area (Å²) in [6.45, 7) is 0. The number of benzene rings is 1. The Balaban J connectivity index is 3.64. The third kappa shape index (κ3) is 3.17. The van der Waals surface area contributed by atoms with Crippen LogP contribution in [0.2, 0.25) is 0 Å². The molecule has 1 unspecified atom stereocenters. The van der Waals surface area contributed by atoms with Gasteiger partial charge in [-0.15, -0.1) is 0 Å². The standard InChI is InChI=1S/C6H3N3O9S/c10-7(11)3-1-4(8(12)13)6(9(14)15)5(2-3)18-19(16)17/h1-2H,(H,16,17). The summed E-state index contributed by atoms with van der Waals surface area (Å²) < 4.78 is 23.0. The Labute approximate surface area is 105 Å². The lowest BCUT2D eigenvalue weighted by Crippen LogP contribution is -2.05. The molecule has 0 bridgehead atoms. The summed E-state index contributed by atoms with van der Waals surface area (Å²) in [7, 11) is 0. The van der Waals surface area contributed by atoms with E-state index in [1.54, 1.807) is 0 Å². The second-order valence-electron chi connectivity index (χ2n) is 2.88. The Morgan fingerprint density at radius 3 is 2.00 bits per heavy atom. The van der Waals surface area contributed by atoms with E-state index in [4.69, 9.17) is 4.55 Å². The van der Waals surface area contributed by atoms with Crippen LogP contribution < -0.4 is 4.18 Å². The van der Waals surface area contributed by atoms with E-state index in [0.717, 1.165) is 0 Å². The smallest absolute Gasteiger partial charge is 0.372 e. The molecule has 0 saturated carbocycles. The highest BCUT2D eigenvalue weighted by Gasteiger charge is 2.35. The highest BCUT2D eigenvalue weighted by Crippen LogP contribution is 2.40. The van der Waals surface area contributed by atoms with Crippen LogP contribution in [0, 0.1) is 30.3 Å². The molecule has 19 heavy (non-hydrogen) atoms. The van der Waals surface area contributed by atoms with Gasteiger partial charge in [0, 0.05) is 0 Å². The third-order valence-corrected chi connectivity index (χ3v) is 2.11. The Bertz CT molecular complexity index is 600. The number of non-ortho nitro benzene ring substituents is 1. The van der Waals surface area contributed by atoms with E-state index < -0.39 is 48.9 Å². The monoisotopic (exact) mass is 293 g/mol. The quantitative estimate of drug-likeness (QED) is 0.469. The lowest BCUT2D eigenvalue weighted by atomic mass is 10.2. The molecule has 1 N–H and O–H groups in total. The van der Waals surface area contributed by atoms with E-state index in [1.165, 1.54) is 0 Å². The molecule has 1 rings (SSSR count). The summed E-state index contributed by atoms with van der Waals surface area (Å²) in [4.78, 5) is 28.3. The molecular formula is C6H3N3O9S. The fourth-order valence-electron chi connectivity index (χ4n) is 1.15. The SMILES string of the molecule is O=[N+]([O-])c1cc(OS(=O)O)c([N+](=O)[O-])c([N+](=O)[O-])c1. The van der Waals surface area contributed by atoms with E-state index in [-0.39, 0.29) is 0 Å². The second-order valence-corrected chi connectivity index (χ2v) is 3.48. The highest BCUT2D eigenvalue weighted by molar-refractivity contribution is 7.74. The van der Waals surface area contributed by atoms with Crippen LogP contribution in [0.4, 0.5) is 17.1 Å². The van der Waals surface area contributed by atoms with Crippen LogP contribution in [0.5, 0.6) is 5.75 Å². The van der Waals surface area contributed by atoms with Crippen molar-refractivity contribution in [3.63, 3.8) is 0 Å². The maximum absolute atomic E-state index is 10.7. The Morgan fingerprint density at radius 1 is 1.05 bits per heavy atom. The van der Waals surface area contributed by atoms with Gasteiger partial charge >= 0.3 is 22.7 Å². The predicted octanol–water partition coefficient (Wildman–Crippen LogP) is 0.927. The summed E-state index contributed by atoms with van der Waals surface area (Å²) in [6.07, 6.45) is 0. The molecule has 0 aliphatic heterocycles. The number of nitro benzene ring substituents is 3. The van der Waals surface area contributed by atoms with Gasteiger partial charge in [0.25, 0.3) is 5.69 Å². The van der Waals surface area contributed by atoms with Crippen LogP contribution in [0.15, 0.2) is 12.1 Å². The molecule has 0 aliphatic rings. The van der Waals surface area contributed by atoms with Crippen LogP contribution in [-0.4, -0.2) is 23.5 Å². The van der Waals surface area contributed by atoms with Gasteiger partial charge in [-0.3, -0.25) is 34.9 Å². The number of nitrogens with zero attached hydrogens (tertiary/aromatic N) is 3. The van der Waals surface area contributed by atoms with Gasteiger partial charge in [0.05, 0.1) is 20.8 Å². The predicted molar refractivity (Wildman–Crippen MR) is 57.8 cm³/mol. The van der Waals surface area contributed by atoms with E-state index in [1.807, 2.05) is 0 Å². The first kappa shape index (κ1) is 14.4. The zero-order valence-corrected chi connectivity index (χ0v) is 9.43. The van der Waals surface area contributed by atoms with Crippen molar-refractivity contribution in [2.45, 2.75) is 0 Å². The summed E-state index contributed by atoms with van der Waals surface area (Å²) in [5.74, 6) is -1.05. The number of hydrogen-bond acceptors (Lipinski definition) is 8. The molecule has 0 radical (unpaired) electrons. The number of rotatable bonds is 5. The topological polar surface area (TPSA) is 176 Å². The molecule has 0 spiro atoms. The van der Waals surface area contributed by atoms with Crippen molar-refractivity contribution in [1.29, 1.82) is 0 Å². The van der Waals surface area contributed by atoms with Crippen molar-refractivity contribution in [3.05, 3.63) is 42.5 Å². The maximum Gasteiger partial charge on any atom is 0.389 e. The first-order valence-electron chi connectivity index (χ1n) is 4.14. The molecule has 0 aliphatic carbocycles. The van der Waals surface area contributed by atoms with Crippen LogP contribution in [-0.2, 0) is 11.4 Å². The number of nitro groups is 3. The molecule has 102 valence electrons. The number of hydrogen-bond donors (Lipinski definition) is 1. The molecule has 1 aromatic carbocycles. The molecule has 0 aromatic heterocycles. The molecule has 0 heterocycles. The third-order valence-electron chi connectivity index (χ3n) is 1.79. The molecule has 13 heteroatoms. The average Bonchev–Trinajstić information content (AvgIpc) is 2.26. The lowest BCUT2D eigenvalue weighted by molar-refractivity contribution is -0.424. The summed E-state index contributed by atoms with van der Waals surface area (Å²) in [5.41, 5.74) is -3.37. The molecule has 0 amide bonds. The van der Waals surface area contributed by atoms with E-state index in [9.17, 15) is 34.6 Å². The van der Waals surface area contributed by atoms with E-state index in [0.29, 0.717) is 12.1 Å². The minimum absolute atomic E-state index is 0.352. The van der Waals surface area contributed by atoms with E-state index in [2.05, 4.69) is 4.18 Å². The normalized spacial score (nSPS) is 11.6. The van der Waals surface area contributed by atoms with Gasteiger partial charge in [-0.2, -0.15) is 4.21 Å². The van der Waals surface area contributed by atoms with Gasteiger partial charge in [0.1, 0.15) is 6.07 Å². The highest BCUT2D eigenvalue weighted by atomic mass is 32.2. The fraction of sp³-hybridized carbons (Fsp3) is 0. The van der Waals surface area contributed by atoms with Crippen molar-refractivity contribution < 1.29 is 27.7 Å². The minimum atomic E-state index is -3.04. The fourth-order valence-corrected chi connectivity index (χ4v) is 1.43. The zero-order valence-electron chi connectivity index (χ0n) is 8.62. The Hall–Kier alpha value is -2.67. The van der Waals surface area contributed by atoms with Gasteiger partial charge in [0.2, 0.25) is 5.75 Å². The van der Waals surface area contributed by atoms with Gasteiger partial charge in [-0.1, -0.05) is 0 Å². The van der Waals surface area contributed by atoms with Crippen LogP contribution in [0.1, 0.15) is 0 Å². The zero-order chi connectivity index (χ0) is 14.7. The second kappa shape index (κ2) is 5.32. The minimum Gasteiger partial charge on any atom is -0.372 e. The first-order chi connectivity index (χ1) is 8.73. The maximum atomic E-state index is 10.7. The Kier molecular flexibility index (Phi) is 4.03. The molecule has 0 saturated heterocycles.